The van der Waals surface area contributed by atoms with Crippen molar-refractivity contribution in [3.8, 4) is 5.75 Å². The Kier molecular flexibility index (Phi) is 11.3. The van der Waals surface area contributed by atoms with E-state index in [1.165, 1.54) is 6.07 Å². The van der Waals surface area contributed by atoms with Gasteiger partial charge in [0.1, 0.15) is 23.4 Å². The predicted octanol–water partition coefficient (Wildman–Crippen LogP) is 1.75. The van der Waals surface area contributed by atoms with E-state index in [1.807, 2.05) is 13.8 Å². The van der Waals surface area contributed by atoms with Crippen LogP contribution >= 0.6 is 0 Å². The van der Waals surface area contributed by atoms with Gasteiger partial charge >= 0.3 is 6.09 Å². The molecule has 0 bridgehead atoms. The summed E-state index contributed by atoms with van der Waals surface area (Å²) in [6.07, 6.45) is 0.610. The number of amides is 3. The van der Waals surface area contributed by atoms with Crippen molar-refractivity contribution < 1.29 is 34.4 Å². The van der Waals surface area contributed by atoms with Crippen molar-refractivity contribution in [3.63, 3.8) is 0 Å². The number of aliphatic hydroxyl groups is 2. The lowest BCUT2D eigenvalue weighted by molar-refractivity contribution is -0.144. The Labute approximate surface area is 201 Å². The Bertz CT molecular complexity index is 838. The number of aryl methyl sites for hydroxylation is 1. The first-order valence-electron chi connectivity index (χ1n) is 11.5. The summed E-state index contributed by atoms with van der Waals surface area (Å²) in [5.74, 6) is -1.54. The van der Waals surface area contributed by atoms with Gasteiger partial charge in [-0.1, -0.05) is 31.5 Å². The van der Waals surface area contributed by atoms with Gasteiger partial charge in [-0.15, -0.1) is 0 Å². The van der Waals surface area contributed by atoms with Crippen LogP contribution in [0.25, 0.3) is 0 Å². The lowest BCUT2D eigenvalue weighted by atomic mass is 9.99. The molecule has 0 saturated heterocycles. The van der Waals surface area contributed by atoms with Crippen LogP contribution in [0.2, 0.25) is 0 Å². The molecule has 0 heterocycles. The summed E-state index contributed by atoms with van der Waals surface area (Å²) in [5.41, 5.74) is -0.167. The number of aromatic hydroxyl groups is 1. The Hall–Kier alpha value is -2.85. The predicted molar refractivity (Wildman–Crippen MR) is 127 cm³/mol. The van der Waals surface area contributed by atoms with E-state index in [9.17, 15) is 29.7 Å². The zero-order valence-corrected chi connectivity index (χ0v) is 20.9. The highest BCUT2D eigenvalue weighted by Gasteiger charge is 2.37. The van der Waals surface area contributed by atoms with Crippen LogP contribution < -0.4 is 10.6 Å². The highest BCUT2D eigenvalue weighted by molar-refractivity contribution is 5.92. The van der Waals surface area contributed by atoms with Gasteiger partial charge < -0.3 is 35.6 Å². The first-order valence-corrected chi connectivity index (χ1v) is 11.5. The third kappa shape index (κ3) is 8.49. The van der Waals surface area contributed by atoms with E-state index >= 15 is 0 Å². The standard InChI is InChI=1S/C24H39N3O7/c1-7-9-16(3)25-21(31)19(17-11-8-10-15(2)20(17)30)27(12-13-28)22(32)18(14-29)26-23(33)34-24(4,5)6/h8,10-11,16,18-19,28-30H,7,9,12-14H2,1-6H3,(H,25,31)(H,26,33). The van der Waals surface area contributed by atoms with Gasteiger partial charge in [0.15, 0.2) is 0 Å². The van der Waals surface area contributed by atoms with Crippen molar-refractivity contribution in [2.45, 2.75) is 78.1 Å². The molecule has 1 aromatic rings. The smallest absolute Gasteiger partial charge is 0.408 e. The molecule has 0 saturated carbocycles. The molecule has 10 heteroatoms. The fraction of sp³-hybridized carbons (Fsp3) is 0.625. The van der Waals surface area contributed by atoms with Crippen molar-refractivity contribution in [3.05, 3.63) is 29.3 Å². The Morgan fingerprint density at radius 1 is 1.15 bits per heavy atom. The lowest BCUT2D eigenvalue weighted by Crippen LogP contribution is -2.55. The molecule has 0 aromatic heterocycles. The number of nitrogens with zero attached hydrogens (tertiary/aromatic N) is 1. The van der Waals surface area contributed by atoms with Gasteiger partial charge in [0.25, 0.3) is 0 Å². The summed E-state index contributed by atoms with van der Waals surface area (Å²) in [4.78, 5) is 40.0. The number of hydrogen-bond donors (Lipinski definition) is 5. The van der Waals surface area contributed by atoms with Gasteiger partial charge in [-0.25, -0.2) is 4.79 Å². The van der Waals surface area contributed by atoms with Crippen LogP contribution in [0.4, 0.5) is 4.79 Å². The number of rotatable bonds is 11. The zero-order valence-electron chi connectivity index (χ0n) is 20.9. The van der Waals surface area contributed by atoms with Gasteiger partial charge in [-0.2, -0.15) is 0 Å². The molecule has 0 aliphatic heterocycles. The Morgan fingerprint density at radius 3 is 2.32 bits per heavy atom. The molecule has 10 nitrogen and oxygen atoms in total. The van der Waals surface area contributed by atoms with Crippen LogP contribution in [0.1, 0.15) is 64.6 Å². The molecule has 0 fully saturated rings. The Balaban J connectivity index is 3.41. The first-order chi connectivity index (χ1) is 15.9. The summed E-state index contributed by atoms with van der Waals surface area (Å²) >= 11 is 0. The van der Waals surface area contributed by atoms with E-state index < -0.39 is 48.8 Å². The quantitative estimate of drug-likeness (QED) is 0.323. The van der Waals surface area contributed by atoms with E-state index in [1.54, 1.807) is 39.8 Å². The van der Waals surface area contributed by atoms with Crippen LogP contribution in [-0.2, 0) is 14.3 Å². The summed E-state index contributed by atoms with van der Waals surface area (Å²) < 4.78 is 5.17. The molecule has 0 radical (unpaired) electrons. The number of alkyl carbamates (subject to hydrolysis) is 1. The number of para-hydroxylation sites is 1. The fourth-order valence-corrected chi connectivity index (χ4v) is 3.49. The number of carbonyl (C=O) groups excluding carboxylic acids is 3. The zero-order chi connectivity index (χ0) is 26.1. The summed E-state index contributed by atoms with van der Waals surface area (Å²) in [5, 5.41) is 35.4. The van der Waals surface area contributed by atoms with Gasteiger partial charge in [0, 0.05) is 18.2 Å². The minimum absolute atomic E-state index is 0.164. The molecule has 0 aliphatic rings. The van der Waals surface area contributed by atoms with Crippen LogP contribution in [0, 0.1) is 6.92 Å². The molecule has 0 aliphatic carbocycles. The van der Waals surface area contributed by atoms with Gasteiger partial charge in [-0.05, 0) is 46.6 Å². The van der Waals surface area contributed by atoms with Crippen LogP contribution in [0.3, 0.4) is 0 Å². The SMILES string of the molecule is CCCC(C)NC(=O)C(c1cccc(C)c1O)N(CCO)C(=O)C(CO)NC(=O)OC(C)(C)C. The molecule has 3 unspecified atom stereocenters. The largest absolute Gasteiger partial charge is 0.507 e. The van der Waals surface area contributed by atoms with E-state index in [4.69, 9.17) is 4.74 Å². The maximum atomic E-state index is 13.4. The molecule has 0 spiro atoms. The number of benzene rings is 1. The van der Waals surface area contributed by atoms with Crippen LogP contribution in [0.5, 0.6) is 5.75 Å². The molecule has 3 amide bonds. The Morgan fingerprint density at radius 2 is 1.79 bits per heavy atom. The highest BCUT2D eigenvalue weighted by Crippen LogP contribution is 2.32. The van der Waals surface area contributed by atoms with E-state index in [-0.39, 0.29) is 23.9 Å². The molecule has 1 aromatic carbocycles. The van der Waals surface area contributed by atoms with Crippen molar-refractivity contribution in [2.24, 2.45) is 0 Å². The lowest BCUT2D eigenvalue weighted by Gasteiger charge is -2.34. The van der Waals surface area contributed by atoms with Crippen LogP contribution in [0.15, 0.2) is 18.2 Å². The molecule has 5 N–H and O–H groups in total. The monoisotopic (exact) mass is 481 g/mol. The van der Waals surface area contributed by atoms with Crippen molar-refractivity contribution in [1.29, 1.82) is 0 Å². The molecular formula is C24H39N3O7. The average molecular weight is 482 g/mol. The number of hydrogen-bond acceptors (Lipinski definition) is 7. The maximum Gasteiger partial charge on any atom is 0.408 e. The van der Waals surface area contributed by atoms with Gasteiger partial charge in [-0.3, -0.25) is 9.59 Å². The molecule has 192 valence electrons. The van der Waals surface area contributed by atoms with Gasteiger partial charge in [0.05, 0.1) is 13.2 Å². The first kappa shape index (κ1) is 29.2. The van der Waals surface area contributed by atoms with E-state index in [2.05, 4.69) is 10.6 Å². The molecular weight excluding hydrogens is 442 g/mol. The summed E-state index contributed by atoms with van der Waals surface area (Å²) in [6, 6.07) is 1.87. The minimum Gasteiger partial charge on any atom is -0.507 e. The second-order valence-corrected chi connectivity index (χ2v) is 9.25. The second kappa shape index (κ2) is 13.1. The summed E-state index contributed by atoms with van der Waals surface area (Å²) in [6.45, 7) is 8.88. The number of phenolic OH excluding ortho intramolecular Hbond substituents is 1. The topological polar surface area (TPSA) is 148 Å². The minimum atomic E-state index is -1.43. The third-order valence-corrected chi connectivity index (χ3v) is 5.03. The van der Waals surface area contributed by atoms with Crippen molar-refractivity contribution in [2.75, 3.05) is 19.8 Å². The number of aliphatic hydroxyl groups excluding tert-OH is 2. The average Bonchev–Trinajstić information content (AvgIpc) is 2.72. The fourth-order valence-electron chi connectivity index (χ4n) is 3.49. The number of ether oxygens (including phenoxy) is 1. The third-order valence-electron chi connectivity index (χ3n) is 5.03. The summed E-state index contributed by atoms with van der Waals surface area (Å²) in [7, 11) is 0. The van der Waals surface area contributed by atoms with E-state index in [0.29, 0.717) is 12.0 Å². The number of phenols is 1. The van der Waals surface area contributed by atoms with E-state index in [0.717, 1.165) is 11.3 Å². The molecule has 3 atom stereocenters. The van der Waals surface area contributed by atoms with Crippen molar-refractivity contribution >= 4 is 17.9 Å². The second-order valence-electron chi connectivity index (χ2n) is 9.25. The van der Waals surface area contributed by atoms with Gasteiger partial charge in [0.2, 0.25) is 11.8 Å². The number of carbonyl (C=O) groups is 3. The highest BCUT2D eigenvalue weighted by atomic mass is 16.6. The van der Waals surface area contributed by atoms with Crippen molar-refractivity contribution in [1.82, 2.24) is 15.5 Å². The molecule has 1 rings (SSSR count). The maximum absolute atomic E-state index is 13.4. The van der Waals surface area contributed by atoms with Crippen LogP contribution in [-0.4, -0.2) is 75.6 Å². The normalized spacial score (nSPS) is 14.0. The molecule has 34 heavy (non-hydrogen) atoms. The number of nitrogens with one attached hydrogen (secondary N) is 2.